The van der Waals surface area contributed by atoms with Crippen LogP contribution >= 0.6 is 0 Å². The Morgan fingerprint density at radius 3 is 2.17 bits per heavy atom. The van der Waals surface area contributed by atoms with Gasteiger partial charge in [-0.1, -0.05) is 31.2 Å². The summed E-state index contributed by atoms with van der Waals surface area (Å²) in [6.45, 7) is 5.77. The van der Waals surface area contributed by atoms with E-state index in [9.17, 15) is 9.59 Å². The molecule has 0 amide bonds. The van der Waals surface area contributed by atoms with Crippen LogP contribution in [0.3, 0.4) is 0 Å². The SMILES string of the molecule is CCC(=O)C(C)(C)c1ccc(C(=O)C2CC2)cc1. The maximum atomic E-state index is 11.9. The van der Waals surface area contributed by atoms with Crippen molar-refractivity contribution >= 4 is 11.6 Å². The molecule has 1 aliphatic carbocycles. The number of benzene rings is 1. The minimum Gasteiger partial charge on any atom is -0.299 e. The lowest BCUT2D eigenvalue weighted by Gasteiger charge is -2.23. The molecular formula is C16H20O2. The second-order valence-electron chi connectivity index (χ2n) is 5.62. The summed E-state index contributed by atoms with van der Waals surface area (Å²) in [4.78, 5) is 23.8. The summed E-state index contributed by atoms with van der Waals surface area (Å²) < 4.78 is 0. The minimum absolute atomic E-state index is 0.226. The Balaban J connectivity index is 2.21. The van der Waals surface area contributed by atoms with Gasteiger partial charge in [0, 0.05) is 23.3 Å². The van der Waals surface area contributed by atoms with Crippen molar-refractivity contribution in [3.63, 3.8) is 0 Å². The van der Waals surface area contributed by atoms with E-state index < -0.39 is 5.41 Å². The first-order valence-electron chi connectivity index (χ1n) is 6.65. The summed E-state index contributed by atoms with van der Waals surface area (Å²) in [5.74, 6) is 0.728. The van der Waals surface area contributed by atoms with Gasteiger partial charge in [-0.05, 0) is 32.3 Å². The molecule has 0 aliphatic heterocycles. The van der Waals surface area contributed by atoms with Crippen LogP contribution in [0.25, 0.3) is 0 Å². The van der Waals surface area contributed by atoms with Crippen LogP contribution in [0.2, 0.25) is 0 Å². The van der Waals surface area contributed by atoms with Gasteiger partial charge in [0.15, 0.2) is 5.78 Å². The summed E-state index contributed by atoms with van der Waals surface area (Å²) in [5.41, 5.74) is 1.30. The van der Waals surface area contributed by atoms with Gasteiger partial charge in [0.2, 0.25) is 0 Å². The number of ketones is 2. The van der Waals surface area contributed by atoms with Gasteiger partial charge in [-0.15, -0.1) is 0 Å². The molecule has 18 heavy (non-hydrogen) atoms. The van der Waals surface area contributed by atoms with Crippen LogP contribution in [0.15, 0.2) is 24.3 Å². The van der Waals surface area contributed by atoms with Crippen LogP contribution in [-0.4, -0.2) is 11.6 Å². The Bertz CT molecular complexity index is 464. The molecule has 0 spiro atoms. The third-order valence-electron chi connectivity index (χ3n) is 3.86. The van der Waals surface area contributed by atoms with Crippen LogP contribution < -0.4 is 0 Å². The van der Waals surface area contributed by atoms with Gasteiger partial charge in [-0.25, -0.2) is 0 Å². The molecule has 1 aromatic carbocycles. The molecular weight excluding hydrogens is 224 g/mol. The van der Waals surface area contributed by atoms with Crippen molar-refractivity contribution in [3.05, 3.63) is 35.4 Å². The second kappa shape index (κ2) is 4.68. The quantitative estimate of drug-likeness (QED) is 0.742. The highest BCUT2D eigenvalue weighted by Crippen LogP contribution is 2.33. The Morgan fingerprint density at radius 1 is 1.17 bits per heavy atom. The van der Waals surface area contributed by atoms with Gasteiger partial charge in [-0.3, -0.25) is 9.59 Å². The van der Waals surface area contributed by atoms with Gasteiger partial charge in [0.05, 0.1) is 0 Å². The average molecular weight is 244 g/mol. The third kappa shape index (κ3) is 2.38. The number of rotatable bonds is 5. The zero-order valence-corrected chi connectivity index (χ0v) is 11.3. The number of hydrogen-bond donors (Lipinski definition) is 0. The van der Waals surface area contributed by atoms with Crippen LogP contribution in [-0.2, 0) is 10.2 Å². The topological polar surface area (TPSA) is 34.1 Å². The molecule has 1 aromatic rings. The lowest BCUT2D eigenvalue weighted by molar-refractivity contribution is -0.123. The van der Waals surface area contributed by atoms with Crippen LogP contribution in [0.1, 0.15) is 56.0 Å². The zero-order valence-electron chi connectivity index (χ0n) is 11.3. The molecule has 0 aromatic heterocycles. The standard InChI is InChI=1S/C16H20O2/c1-4-14(17)16(2,3)13-9-7-12(8-10-13)15(18)11-5-6-11/h7-11H,4-6H2,1-3H3. The number of carbonyl (C=O) groups is 2. The first-order valence-corrected chi connectivity index (χ1v) is 6.65. The maximum absolute atomic E-state index is 11.9. The van der Waals surface area contributed by atoms with Crippen molar-refractivity contribution in [2.24, 2.45) is 5.92 Å². The number of Topliss-reactive ketones (excluding diaryl/α,β-unsaturated/α-hetero) is 2. The molecule has 0 unspecified atom stereocenters. The Morgan fingerprint density at radius 2 is 1.72 bits per heavy atom. The van der Waals surface area contributed by atoms with E-state index in [1.54, 1.807) is 0 Å². The third-order valence-corrected chi connectivity index (χ3v) is 3.86. The molecule has 0 atom stereocenters. The lowest BCUT2D eigenvalue weighted by Crippen LogP contribution is -2.28. The van der Waals surface area contributed by atoms with E-state index in [2.05, 4.69) is 0 Å². The van der Waals surface area contributed by atoms with Crippen molar-refractivity contribution in [3.8, 4) is 0 Å². The van der Waals surface area contributed by atoms with E-state index in [0.29, 0.717) is 6.42 Å². The smallest absolute Gasteiger partial charge is 0.165 e. The van der Waals surface area contributed by atoms with Gasteiger partial charge < -0.3 is 0 Å². The predicted octanol–water partition coefficient (Wildman–Crippen LogP) is 3.54. The van der Waals surface area contributed by atoms with Gasteiger partial charge in [0.25, 0.3) is 0 Å². The molecule has 2 nitrogen and oxygen atoms in total. The molecule has 2 heteroatoms. The van der Waals surface area contributed by atoms with Crippen molar-refractivity contribution in [1.29, 1.82) is 0 Å². The first kappa shape index (κ1) is 13.0. The van der Waals surface area contributed by atoms with E-state index in [1.165, 1.54) is 0 Å². The van der Waals surface area contributed by atoms with Gasteiger partial charge >= 0.3 is 0 Å². The molecule has 96 valence electrons. The fourth-order valence-corrected chi connectivity index (χ4v) is 2.24. The second-order valence-corrected chi connectivity index (χ2v) is 5.62. The Labute approximate surface area is 108 Å². The molecule has 2 rings (SSSR count). The fraction of sp³-hybridized carbons (Fsp3) is 0.500. The van der Waals surface area contributed by atoms with Gasteiger partial charge in [0.1, 0.15) is 5.78 Å². The summed E-state index contributed by atoms with van der Waals surface area (Å²) >= 11 is 0. The molecule has 1 saturated carbocycles. The van der Waals surface area contributed by atoms with Crippen molar-refractivity contribution in [1.82, 2.24) is 0 Å². The van der Waals surface area contributed by atoms with E-state index in [0.717, 1.165) is 24.0 Å². The van der Waals surface area contributed by atoms with Crippen LogP contribution in [0.5, 0.6) is 0 Å². The van der Waals surface area contributed by atoms with Crippen LogP contribution in [0.4, 0.5) is 0 Å². The average Bonchev–Trinajstić information content (AvgIpc) is 3.21. The Hall–Kier alpha value is -1.44. The molecule has 0 radical (unpaired) electrons. The molecule has 1 fully saturated rings. The van der Waals surface area contributed by atoms with E-state index in [1.807, 2.05) is 45.0 Å². The normalized spacial score (nSPS) is 15.5. The van der Waals surface area contributed by atoms with Crippen molar-refractivity contribution in [2.45, 2.75) is 45.4 Å². The summed E-state index contributed by atoms with van der Waals surface area (Å²) in [6, 6.07) is 7.56. The van der Waals surface area contributed by atoms with E-state index in [4.69, 9.17) is 0 Å². The Kier molecular flexibility index (Phi) is 3.38. The number of carbonyl (C=O) groups excluding carboxylic acids is 2. The molecule has 0 saturated heterocycles. The monoisotopic (exact) mass is 244 g/mol. The summed E-state index contributed by atoms with van der Waals surface area (Å²) in [7, 11) is 0. The van der Waals surface area contributed by atoms with Crippen molar-refractivity contribution < 1.29 is 9.59 Å². The number of hydrogen-bond acceptors (Lipinski definition) is 2. The van der Waals surface area contributed by atoms with Crippen molar-refractivity contribution in [2.75, 3.05) is 0 Å². The fourth-order valence-electron chi connectivity index (χ4n) is 2.24. The molecule has 0 N–H and O–H groups in total. The zero-order chi connectivity index (χ0) is 13.3. The highest BCUT2D eigenvalue weighted by atomic mass is 16.1. The summed E-state index contributed by atoms with van der Waals surface area (Å²) in [6.07, 6.45) is 2.59. The maximum Gasteiger partial charge on any atom is 0.165 e. The minimum atomic E-state index is -0.462. The predicted molar refractivity (Wildman–Crippen MR) is 71.8 cm³/mol. The van der Waals surface area contributed by atoms with E-state index in [-0.39, 0.29) is 17.5 Å². The first-order chi connectivity index (χ1) is 8.46. The molecule has 0 bridgehead atoms. The summed E-state index contributed by atoms with van der Waals surface area (Å²) in [5, 5.41) is 0. The highest BCUT2D eigenvalue weighted by Gasteiger charge is 2.31. The largest absolute Gasteiger partial charge is 0.299 e. The molecule has 1 aliphatic rings. The van der Waals surface area contributed by atoms with Crippen LogP contribution in [0, 0.1) is 5.92 Å². The highest BCUT2D eigenvalue weighted by molar-refractivity contribution is 5.99. The van der Waals surface area contributed by atoms with Gasteiger partial charge in [-0.2, -0.15) is 0 Å². The lowest BCUT2D eigenvalue weighted by atomic mass is 9.79. The molecule has 0 heterocycles. The van der Waals surface area contributed by atoms with E-state index >= 15 is 0 Å².